The van der Waals surface area contributed by atoms with E-state index in [0.29, 0.717) is 52.4 Å². The van der Waals surface area contributed by atoms with E-state index in [2.05, 4.69) is 66.4 Å². The second-order valence-electron chi connectivity index (χ2n) is 12.8. The van der Waals surface area contributed by atoms with Crippen LogP contribution in [0.3, 0.4) is 0 Å². The second kappa shape index (κ2) is 11.9. The fraction of sp³-hybridized carbons (Fsp3) is 0.368. The van der Waals surface area contributed by atoms with Gasteiger partial charge >= 0.3 is 0 Å². The molecule has 0 unspecified atom stereocenters. The Morgan fingerprint density at radius 2 is 1.34 bits per heavy atom. The molecule has 0 aliphatic carbocycles. The van der Waals surface area contributed by atoms with Gasteiger partial charge in [0.05, 0.1) is 21.3 Å². The largest absolute Gasteiger partial charge is 0.493 e. The Morgan fingerprint density at radius 3 is 2.11 bits per heavy atom. The van der Waals surface area contributed by atoms with Crippen LogP contribution in [0.1, 0.15) is 45.5 Å². The number of hydrogen-bond donors (Lipinski definition) is 0. The predicted molar refractivity (Wildman–Crippen MR) is 177 cm³/mol. The first kappa shape index (κ1) is 29.8. The van der Waals surface area contributed by atoms with Gasteiger partial charge in [-0.3, -0.25) is 9.80 Å². The summed E-state index contributed by atoms with van der Waals surface area (Å²) in [6.45, 7) is 1.99. The minimum atomic E-state index is -0.0394. The van der Waals surface area contributed by atoms with E-state index in [9.17, 15) is 0 Å². The van der Waals surface area contributed by atoms with Crippen molar-refractivity contribution < 1.29 is 33.2 Å². The molecule has 9 rings (SSSR count). The van der Waals surface area contributed by atoms with Crippen LogP contribution in [0.15, 0.2) is 54.6 Å². The third kappa shape index (κ3) is 5.18. The molecule has 47 heavy (non-hydrogen) atoms. The number of ether oxygens (including phenoxy) is 7. The SMILES string of the molecule is COc1cc2c3cc1Oc1c(OC)c(OC)cc4c1[C@@H](Cc1cc5c(c(c1)Oc1ccc(cc1)C[C@@H]3N(C)CC2)OCO5)N(C)CC4. The molecule has 4 aromatic rings. The zero-order valence-corrected chi connectivity index (χ0v) is 27.6. The third-order valence-electron chi connectivity index (χ3n) is 10.1. The zero-order chi connectivity index (χ0) is 32.2. The topological polar surface area (TPSA) is 71.1 Å². The minimum absolute atomic E-state index is 0.0394. The number of nitrogens with zero attached hydrogens (tertiary/aromatic N) is 2. The molecule has 244 valence electrons. The molecule has 4 aromatic carbocycles. The number of methoxy groups -OCH3 is 3. The quantitative estimate of drug-likeness (QED) is 0.239. The Labute approximate surface area is 275 Å². The molecule has 0 saturated heterocycles. The Balaban J connectivity index is 1.36. The van der Waals surface area contributed by atoms with Gasteiger partial charge < -0.3 is 33.2 Å². The summed E-state index contributed by atoms with van der Waals surface area (Å²) in [5.74, 6) is 5.90. The van der Waals surface area contributed by atoms with E-state index in [0.717, 1.165) is 49.2 Å². The van der Waals surface area contributed by atoms with E-state index >= 15 is 0 Å². The van der Waals surface area contributed by atoms with Gasteiger partial charge in [0, 0.05) is 30.7 Å². The van der Waals surface area contributed by atoms with Crippen molar-refractivity contribution >= 4 is 0 Å². The van der Waals surface area contributed by atoms with Gasteiger partial charge in [-0.05, 0) is 110 Å². The van der Waals surface area contributed by atoms with Crippen LogP contribution in [0, 0.1) is 0 Å². The van der Waals surface area contributed by atoms with Crippen LogP contribution in [-0.2, 0) is 25.7 Å². The molecule has 5 aliphatic rings. The highest BCUT2D eigenvalue weighted by Crippen LogP contribution is 2.52. The minimum Gasteiger partial charge on any atom is -0.493 e. The van der Waals surface area contributed by atoms with E-state index < -0.39 is 0 Å². The van der Waals surface area contributed by atoms with Gasteiger partial charge in [-0.2, -0.15) is 0 Å². The van der Waals surface area contributed by atoms with Crippen molar-refractivity contribution in [2.45, 2.75) is 37.8 Å². The molecule has 0 saturated carbocycles. The number of fused-ring (bicyclic) bond motifs is 3. The summed E-state index contributed by atoms with van der Waals surface area (Å²) in [4.78, 5) is 4.80. The predicted octanol–water partition coefficient (Wildman–Crippen LogP) is 6.88. The number of benzene rings is 4. The molecule has 9 heteroatoms. The maximum Gasteiger partial charge on any atom is 0.231 e. The van der Waals surface area contributed by atoms with Crippen LogP contribution in [0.5, 0.6) is 51.7 Å². The molecule has 0 amide bonds. The van der Waals surface area contributed by atoms with Crippen molar-refractivity contribution in [2.24, 2.45) is 0 Å². The highest BCUT2D eigenvalue weighted by molar-refractivity contribution is 5.64. The number of hydrogen-bond acceptors (Lipinski definition) is 9. The summed E-state index contributed by atoms with van der Waals surface area (Å²) in [5, 5.41) is 0. The van der Waals surface area contributed by atoms with Crippen LogP contribution >= 0.6 is 0 Å². The van der Waals surface area contributed by atoms with Gasteiger partial charge in [0.1, 0.15) is 5.75 Å². The summed E-state index contributed by atoms with van der Waals surface area (Å²) < 4.78 is 43.2. The van der Waals surface area contributed by atoms with Crippen LogP contribution < -0.4 is 33.2 Å². The van der Waals surface area contributed by atoms with Gasteiger partial charge in [-0.25, -0.2) is 0 Å². The van der Waals surface area contributed by atoms with Crippen LogP contribution in [-0.4, -0.2) is 65.1 Å². The monoisotopic (exact) mass is 636 g/mol. The Hall–Kier alpha value is -4.60. The van der Waals surface area contributed by atoms with E-state index in [1.807, 2.05) is 12.1 Å². The summed E-state index contributed by atoms with van der Waals surface area (Å²) >= 11 is 0. The molecule has 2 atom stereocenters. The summed E-state index contributed by atoms with van der Waals surface area (Å²) in [5.41, 5.74) is 7.03. The standard InChI is InChI=1S/C38H40N2O7/c1-39-12-10-24-18-30(41-3)31-20-27(24)28(39)14-22-6-8-26(9-7-22)46-34-17-23(16-33-36(34)45-21-44-33)15-29-35-25(11-13-40(29)2)19-32(42-4)37(43-5)38(35)47-31/h6-9,16-20,28-29H,10-15,21H2,1-5H3/t28-,29+/m0/s1. The van der Waals surface area contributed by atoms with E-state index in [-0.39, 0.29) is 18.9 Å². The molecule has 5 aliphatic heterocycles. The van der Waals surface area contributed by atoms with Crippen molar-refractivity contribution in [3.05, 3.63) is 88.0 Å². The van der Waals surface area contributed by atoms with Crippen molar-refractivity contribution in [2.75, 3.05) is 55.3 Å². The highest BCUT2D eigenvalue weighted by Gasteiger charge is 2.35. The van der Waals surface area contributed by atoms with Gasteiger partial charge in [-0.15, -0.1) is 0 Å². The van der Waals surface area contributed by atoms with Gasteiger partial charge in [-0.1, -0.05) is 12.1 Å². The first-order chi connectivity index (χ1) is 22.9. The van der Waals surface area contributed by atoms with Crippen molar-refractivity contribution in [3.8, 4) is 51.7 Å². The highest BCUT2D eigenvalue weighted by atomic mass is 16.7. The fourth-order valence-corrected chi connectivity index (χ4v) is 7.57. The molecule has 0 N–H and O–H groups in total. The van der Waals surface area contributed by atoms with Crippen molar-refractivity contribution in [1.82, 2.24) is 9.80 Å². The van der Waals surface area contributed by atoms with E-state index in [4.69, 9.17) is 33.2 Å². The number of likely N-dealkylation sites (N-methyl/N-ethyl adjacent to an activating group) is 2. The Morgan fingerprint density at radius 1 is 0.638 bits per heavy atom. The van der Waals surface area contributed by atoms with E-state index in [1.54, 1.807) is 21.3 Å². The zero-order valence-electron chi connectivity index (χ0n) is 27.6. The summed E-state index contributed by atoms with van der Waals surface area (Å²) in [6, 6.07) is 19.0. The molecule has 0 fully saturated rings. The normalized spacial score (nSPS) is 19.9. The smallest absolute Gasteiger partial charge is 0.231 e. The lowest BCUT2D eigenvalue weighted by molar-refractivity contribution is 0.171. The molecule has 0 radical (unpaired) electrons. The van der Waals surface area contributed by atoms with Crippen LogP contribution in [0.25, 0.3) is 0 Å². The third-order valence-corrected chi connectivity index (χ3v) is 10.1. The summed E-state index contributed by atoms with van der Waals surface area (Å²) in [6.07, 6.45) is 3.29. The Bertz CT molecular complexity index is 1840. The molecule has 6 bridgehead atoms. The van der Waals surface area contributed by atoms with Crippen LogP contribution in [0.4, 0.5) is 0 Å². The number of rotatable bonds is 3. The second-order valence-corrected chi connectivity index (χ2v) is 12.8. The maximum absolute atomic E-state index is 7.04. The molecule has 9 nitrogen and oxygen atoms in total. The molecule has 0 spiro atoms. The van der Waals surface area contributed by atoms with Gasteiger partial charge in [0.25, 0.3) is 0 Å². The van der Waals surface area contributed by atoms with Gasteiger partial charge in [0.2, 0.25) is 18.3 Å². The maximum atomic E-state index is 7.04. The molecular weight excluding hydrogens is 596 g/mol. The first-order valence-corrected chi connectivity index (χ1v) is 16.2. The molecular formula is C38H40N2O7. The fourth-order valence-electron chi connectivity index (χ4n) is 7.57. The molecule has 5 heterocycles. The van der Waals surface area contributed by atoms with Crippen LogP contribution in [0.2, 0.25) is 0 Å². The first-order valence-electron chi connectivity index (χ1n) is 16.2. The van der Waals surface area contributed by atoms with Crippen molar-refractivity contribution in [1.29, 1.82) is 0 Å². The average molecular weight is 637 g/mol. The lowest BCUT2D eigenvalue weighted by Crippen LogP contribution is -2.34. The van der Waals surface area contributed by atoms with E-state index in [1.165, 1.54) is 22.3 Å². The molecule has 0 aromatic heterocycles. The lowest BCUT2D eigenvalue weighted by atomic mass is 9.87. The van der Waals surface area contributed by atoms with Crippen molar-refractivity contribution in [3.63, 3.8) is 0 Å². The van der Waals surface area contributed by atoms with Gasteiger partial charge in [0.15, 0.2) is 34.5 Å². The average Bonchev–Trinajstić information content (AvgIpc) is 3.56. The Kier molecular flexibility index (Phi) is 7.53. The summed E-state index contributed by atoms with van der Waals surface area (Å²) in [7, 11) is 9.39. The lowest BCUT2D eigenvalue weighted by Gasteiger charge is -2.37.